The first-order valence-electron chi connectivity index (χ1n) is 10.5. The minimum absolute atomic E-state index is 0.170. The monoisotopic (exact) mass is 457 g/mol. The van der Waals surface area contributed by atoms with Gasteiger partial charge in [0.2, 0.25) is 5.95 Å². The number of hydrogen-bond acceptors (Lipinski definition) is 6. The van der Waals surface area contributed by atoms with Crippen LogP contribution in [0.3, 0.4) is 0 Å². The highest BCUT2D eigenvalue weighted by molar-refractivity contribution is 7.10. The molecule has 1 amide bonds. The summed E-state index contributed by atoms with van der Waals surface area (Å²) in [5, 5.41) is 13.2. The maximum atomic E-state index is 13.5. The zero-order valence-corrected chi connectivity index (χ0v) is 19.3. The largest absolute Gasteiger partial charge is 0.497 e. The van der Waals surface area contributed by atoms with Crippen molar-refractivity contribution in [3.05, 3.63) is 87.8 Å². The summed E-state index contributed by atoms with van der Waals surface area (Å²) in [4.78, 5) is 19.3. The first-order chi connectivity index (χ1) is 16.0. The van der Waals surface area contributed by atoms with Gasteiger partial charge in [0, 0.05) is 21.8 Å². The minimum atomic E-state index is -0.385. The van der Waals surface area contributed by atoms with Crippen molar-refractivity contribution in [1.29, 1.82) is 0 Å². The molecule has 7 nitrogen and oxygen atoms in total. The third kappa shape index (κ3) is 3.89. The summed E-state index contributed by atoms with van der Waals surface area (Å²) in [5.41, 5.74) is 4.09. The molecule has 2 aromatic heterocycles. The molecule has 1 atom stereocenters. The number of rotatable bonds is 5. The van der Waals surface area contributed by atoms with Crippen LogP contribution < -0.4 is 15.4 Å². The molecule has 4 aromatic rings. The molecule has 1 unspecified atom stereocenters. The fourth-order valence-electron chi connectivity index (χ4n) is 3.93. The highest BCUT2D eigenvalue weighted by atomic mass is 32.1. The van der Waals surface area contributed by atoms with Gasteiger partial charge >= 0.3 is 0 Å². The molecule has 33 heavy (non-hydrogen) atoms. The molecule has 1 aliphatic rings. The van der Waals surface area contributed by atoms with Gasteiger partial charge in [-0.25, -0.2) is 4.68 Å². The van der Waals surface area contributed by atoms with Gasteiger partial charge in [0.05, 0.1) is 12.7 Å². The van der Waals surface area contributed by atoms with Crippen molar-refractivity contribution >= 4 is 28.9 Å². The maximum Gasteiger partial charge on any atom is 0.255 e. The van der Waals surface area contributed by atoms with Gasteiger partial charge in [0.1, 0.15) is 11.8 Å². The Balaban J connectivity index is 1.58. The number of ether oxygens (including phenoxy) is 1. The lowest BCUT2D eigenvalue weighted by Crippen LogP contribution is -2.31. The van der Waals surface area contributed by atoms with Crippen LogP contribution >= 0.6 is 11.3 Å². The van der Waals surface area contributed by atoms with Crippen LogP contribution in [0.15, 0.2) is 77.3 Å². The summed E-state index contributed by atoms with van der Waals surface area (Å²) < 4.78 is 7.07. The minimum Gasteiger partial charge on any atom is -0.497 e. The normalized spacial score (nSPS) is 15.1. The van der Waals surface area contributed by atoms with E-state index in [-0.39, 0.29) is 11.9 Å². The number of hydrogen-bond donors (Lipinski definition) is 2. The van der Waals surface area contributed by atoms with Gasteiger partial charge in [0.15, 0.2) is 5.82 Å². The lowest BCUT2D eigenvalue weighted by molar-refractivity contribution is -0.113. The fraction of sp³-hybridized carbons (Fsp3) is 0.160. The molecule has 3 heterocycles. The molecule has 0 saturated heterocycles. The summed E-state index contributed by atoms with van der Waals surface area (Å²) in [7, 11) is 1.64. The molecular formula is C25H23N5O2S. The van der Waals surface area contributed by atoms with Gasteiger partial charge in [-0.05, 0) is 67.3 Å². The first-order valence-corrected chi connectivity index (χ1v) is 11.4. The van der Waals surface area contributed by atoms with Crippen molar-refractivity contribution in [2.24, 2.45) is 0 Å². The summed E-state index contributed by atoms with van der Waals surface area (Å²) in [6, 6.07) is 18.7. The molecule has 0 bridgehead atoms. The van der Waals surface area contributed by atoms with Crippen LogP contribution in [0.2, 0.25) is 0 Å². The molecule has 5 rings (SSSR count). The van der Waals surface area contributed by atoms with Gasteiger partial charge in [-0.3, -0.25) is 4.79 Å². The molecule has 0 aliphatic carbocycles. The predicted molar refractivity (Wildman–Crippen MR) is 131 cm³/mol. The van der Waals surface area contributed by atoms with Crippen molar-refractivity contribution in [2.45, 2.75) is 19.9 Å². The Morgan fingerprint density at radius 2 is 1.85 bits per heavy atom. The average Bonchev–Trinajstić information content (AvgIpc) is 3.44. The number of para-hydroxylation sites is 1. The first kappa shape index (κ1) is 21.0. The van der Waals surface area contributed by atoms with E-state index < -0.39 is 0 Å². The number of carbonyl (C=O) groups is 1. The Labute approximate surface area is 195 Å². The quantitative estimate of drug-likeness (QED) is 0.428. The molecule has 0 saturated carbocycles. The van der Waals surface area contributed by atoms with E-state index in [9.17, 15) is 4.79 Å². The summed E-state index contributed by atoms with van der Waals surface area (Å²) >= 11 is 1.61. The van der Waals surface area contributed by atoms with Crippen molar-refractivity contribution in [3.8, 4) is 17.1 Å². The number of benzene rings is 2. The second-order valence-corrected chi connectivity index (χ2v) is 8.73. The number of nitrogens with one attached hydrogen (secondary N) is 2. The summed E-state index contributed by atoms with van der Waals surface area (Å²) in [5.74, 6) is 1.78. The number of amides is 1. The number of thiophene rings is 1. The van der Waals surface area contributed by atoms with Crippen LogP contribution in [0.25, 0.3) is 11.4 Å². The summed E-state index contributed by atoms with van der Waals surface area (Å²) in [6.45, 7) is 3.96. The Kier molecular flexibility index (Phi) is 5.43. The van der Waals surface area contributed by atoms with Gasteiger partial charge in [-0.1, -0.05) is 18.2 Å². The van der Waals surface area contributed by atoms with E-state index in [4.69, 9.17) is 14.8 Å². The molecule has 0 spiro atoms. The lowest BCUT2D eigenvalue weighted by atomic mass is 9.99. The molecule has 2 N–H and O–H groups in total. The van der Waals surface area contributed by atoms with E-state index >= 15 is 0 Å². The third-order valence-corrected chi connectivity index (χ3v) is 6.70. The molecule has 0 fully saturated rings. The van der Waals surface area contributed by atoms with Crippen LogP contribution in [0, 0.1) is 6.92 Å². The van der Waals surface area contributed by atoms with E-state index in [1.165, 1.54) is 0 Å². The number of allylic oxidation sites excluding steroid dienone is 1. The highest BCUT2D eigenvalue weighted by Gasteiger charge is 2.36. The van der Waals surface area contributed by atoms with Gasteiger partial charge in [-0.2, -0.15) is 4.98 Å². The second-order valence-electron chi connectivity index (χ2n) is 7.79. The van der Waals surface area contributed by atoms with Crippen molar-refractivity contribution < 1.29 is 9.53 Å². The smallest absolute Gasteiger partial charge is 0.255 e. The molecule has 1 aliphatic heterocycles. The number of anilines is 2. The van der Waals surface area contributed by atoms with Crippen LogP contribution in [0.4, 0.5) is 11.6 Å². The molecule has 2 aromatic carbocycles. The van der Waals surface area contributed by atoms with Crippen molar-refractivity contribution in [2.75, 3.05) is 17.7 Å². The number of fused-ring (bicyclic) bond motifs is 1. The Morgan fingerprint density at radius 1 is 1.09 bits per heavy atom. The molecule has 0 radical (unpaired) electrons. The SMILES string of the molecule is COc1ccc(-c2nc3n(n2)C(c2sccc2C)C(C(=O)Nc2ccccc2)=C(C)N3)cc1. The van der Waals surface area contributed by atoms with Crippen molar-refractivity contribution in [1.82, 2.24) is 14.8 Å². The molecule has 166 valence electrons. The zero-order valence-electron chi connectivity index (χ0n) is 18.5. The van der Waals surface area contributed by atoms with E-state index in [1.807, 2.05) is 71.6 Å². The highest BCUT2D eigenvalue weighted by Crippen LogP contribution is 2.40. The predicted octanol–water partition coefficient (Wildman–Crippen LogP) is 5.25. The summed E-state index contributed by atoms with van der Waals surface area (Å²) in [6.07, 6.45) is 0. The molecule has 8 heteroatoms. The number of nitrogens with zero attached hydrogens (tertiary/aromatic N) is 3. The van der Waals surface area contributed by atoms with Gasteiger partial charge < -0.3 is 15.4 Å². The fourth-order valence-corrected chi connectivity index (χ4v) is 4.95. The van der Waals surface area contributed by atoms with E-state index in [0.29, 0.717) is 17.3 Å². The van der Waals surface area contributed by atoms with E-state index in [2.05, 4.69) is 23.6 Å². The second kappa shape index (κ2) is 8.55. The van der Waals surface area contributed by atoms with Crippen LogP contribution in [-0.4, -0.2) is 27.8 Å². The van der Waals surface area contributed by atoms with E-state index in [0.717, 1.165) is 33.1 Å². The Morgan fingerprint density at radius 3 is 2.52 bits per heavy atom. The van der Waals surface area contributed by atoms with Crippen molar-refractivity contribution in [3.63, 3.8) is 0 Å². The van der Waals surface area contributed by atoms with Gasteiger partial charge in [0.25, 0.3) is 5.91 Å². The number of methoxy groups -OCH3 is 1. The average molecular weight is 458 g/mol. The number of carbonyl (C=O) groups excluding carboxylic acids is 1. The van der Waals surface area contributed by atoms with E-state index in [1.54, 1.807) is 18.4 Å². The Hall–Kier alpha value is -3.91. The Bertz CT molecular complexity index is 1340. The standard InChI is InChI=1S/C25H23N5O2S/c1-15-13-14-33-22(15)21-20(24(31)27-18-7-5-4-6-8-18)16(2)26-25-28-23(29-30(21)25)17-9-11-19(32-3)12-10-17/h4-14,21H,1-3H3,(H,27,31)(H,26,28,29). The lowest BCUT2D eigenvalue weighted by Gasteiger charge is -2.28. The maximum absolute atomic E-state index is 13.5. The van der Waals surface area contributed by atoms with Crippen LogP contribution in [0.1, 0.15) is 23.4 Å². The number of aryl methyl sites for hydroxylation is 1. The van der Waals surface area contributed by atoms with Crippen LogP contribution in [-0.2, 0) is 4.79 Å². The van der Waals surface area contributed by atoms with Crippen LogP contribution in [0.5, 0.6) is 5.75 Å². The zero-order chi connectivity index (χ0) is 22.9. The topological polar surface area (TPSA) is 81.1 Å². The van der Waals surface area contributed by atoms with Gasteiger partial charge in [-0.15, -0.1) is 16.4 Å². The number of aromatic nitrogens is 3. The molecular weight excluding hydrogens is 434 g/mol. The third-order valence-electron chi connectivity index (χ3n) is 5.63.